The molecule has 0 amide bonds. The quantitative estimate of drug-likeness (QED) is 0.166. The van der Waals surface area contributed by atoms with E-state index >= 15 is 0 Å². The van der Waals surface area contributed by atoms with Gasteiger partial charge >= 0.3 is 0 Å². The number of aromatic nitrogens is 2. The van der Waals surface area contributed by atoms with Gasteiger partial charge in [0.1, 0.15) is 0 Å². The zero-order valence-corrected chi connectivity index (χ0v) is 26.4. The Morgan fingerprint density at radius 1 is 0.380 bits per heavy atom. The summed E-state index contributed by atoms with van der Waals surface area (Å²) in [5, 5.41) is 49.2. The van der Waals surface area contributed by atoms with Gasteiger partial charge in [0, 0.05) is 43.1 Å². The largest absolute Gasteiger partial charge is 0.308 e. The van der Waals surface area contributed by atoms with Gasteiger partial charge in [-0.15, -0.1) is 0 Å². The van der Waals surface area contributed by atoms with Crippen LogP contribution in [0.3, 0.4) is 0 Å². The standard InChI is InChI=1S/C44H20N6/c45-17-21-1-5-25-33(13-21)49-34-14-22(18-46)2-6-26(34)40-30-11-12-32-38-31(10-9-29(37(30)38)39(25)43(40)49)41-27-7-3-23(19-47)15-35(27)50-36-16-24(20-48)4-8-28(36)42(32)44(41)50/h1-8,13-16H,9-12H2. The van der Waals surface area contributed by atoms with Crippen molar-refractivity contribution in [1.29, 1.82) is 21.0 Å². The van der Waals surface area contributed by atoms with Crippen LogP contribution >= 0.6 is 0 Å². The number of nitrogens with zero attached hydrogens (tertiary/aromatic N) is 6. The molecule has 12 rings (SSSR count). The van der Waals surface area contributed by atoms with Crippen LogP contribution in [-0.4, -0.2) is 8.80 Å². The van der Waals surface area contributed by atoms with Crippen LogP contribution in [0.5, 0.6) is 0 Å². The van der Waals surface area contributed by atoms with E-state index in [4.69, 9.17) is 0 Å². The Morgan fingerprint density at radius 3 is 0.880 bits per heavy atom. The second kappa shape index (κ2) is 8.47. The van der Waals surface area contributed by atoms with Crippen molar-refractivity contribution in [3.8, 4) is 35.4 Å². The predicted octanol–water partition coefficient (Wildman–Crippen LogP) is 9.34. The summed E-state index contributed by atoms with van der Waals surface area (Å²) in [6.45, 7) is 0. The second-order valence-electron chi connectivity index (χ2n) is 13.9. The van der Waals surface area contributed by atoms with E-state index in [1.54, 1.807) is 0 Å². The molecule has 0 aliphatic heterocycles. The lowest BCUT2D eigenvalue weighted by molar-refractivity contribution is 0.902. The molecule has 0 N–H and O–H groups in total. The third-order valence-corrected chi connectivity index (χ3v) is 11.9. The fraction of sp³-hybridized carbons (Fsp3) is 0.0909. The normalized spacial score (nSPS) is 13.6. The van der Waals surface area contributed by atoms with Crippen molar-refractivity contribution in [3.05, 3.63) is 117 Å². The highest BCUT2D eigenvalue weighted by Crippen LogP contribution is 2.56. The van der Waals surface area contributed by atoms with E-state index in [1.165, 1.54) is 66.0 Å². The van der Waals surface area contributed by atoms with Crippen molar-refractivity contribution in [1.82, 2.24) is 8.80 Å². The molecule has 4 heterocycles. The van der Waals surface area contributed by atoms with Crippen LogP contribution in [-0.2, 0) is 25.7 Å². The Hall–Kier alpha value is -7.12. The second-order valence-corrected chi connectivity index (χ2v) is 13.9. The first kappa shape index (κ1) is 25.9. The van der Waals surface area contributed by atoms with E-state index in [2.05, 4.69) is 57.3 Å². The van der Waals surface area contributed by atoms with E-state index in [1.807, 2.05) is 48.5 Å². The average molecular weight is 633 g/mol. The van der Waals surface area contributed by atoms with Gasteiger partial charge < -0.3 is 8.80 Å². The number of nitriles is 4. The van der Waals surface area contributed by atoms with E-state index < -0.39 is 0 Å². The molecular formula is C44H20N6. The summed E-state index contributed by atoms with van der Waals surface area (Å²) in [6.07, 6.45) is 3.53. The highest BCUT2D eigenvalue weighted by molar-refractivity contribution is 6.31. The number of hydrogen-bond acceptors (Lipinski definition) is 4. The first-order valence-electron chi connectivity index (χ1n) is 16.9. The maximum Gasteiger partial charge on any atom is 0.0992 e. The lowest BCUT2D eigenvalue weighted by Gasteiger charge is -2.32. The molecule has 50 heavy (non-hydrogen) atoms. The maximum atomic E-state index is 9.91. The highest BCUT2D eigenvalue weighted by atomic mass is 14.9. The highest BCUT2D eigenvalue weighted by Gasteiger charge is 2.37. The van der Waals surface area contributed by atoms with Gasteiger partial charge in [-0.3, -0.25) is 0 Å². The molecule has 10 aromatic rings. The van der Waals surface area contributed by atoms with Crippen molar-refractivity contribution in [2.24, 2.45) is 0 Å². The van der Waals surface area contributed by atoms with Crippen LogP contribution in [0.4, 0.5) is 0 Å². The van der Waals surface area contributed by atoms with E-state index in [0.29, 0.717) is 22.3 Å². The molecule has 0 saturated heterocycles. The van der Waals surface area contributed by atoms with Crippen LogP contribution in [0.15, 0.2) is 72.8 Å². The van der Waals surface area contributed by atoms with Gasteiger partial charge in [0.15, 0.2) is 0 Å². The molecule has 4 aromatic heterocycles. The topological polar surface area (TPSA) is 104 Å². The van der Waals surface area contributed by atoms with Gasteiger partial charge in [0.05, 0.1) is 79.6 Å². The maximum absolute atomic E-state index is 9.91. The van der Waals surface area contributed by atoms with Crippen molar-refractivity contribution in [2.45, 2.75) is 25.7 Å². The molecule has 0 unspecified atom stereocenters. The zero-order valence-electron chi connectivity index (χ0n) is 26.4. The fourth-order valence-electron chi connectivity index (χ4n) is 10.1. The first-order chi connectivity index (χ1) is 24.6. The predicted molar refractivity (Wildman–Crippen MR) is 195 cm³/mol. The Labute approximate surface area is 283 Å². The number of hydrogen-bond donors (Lipinski definition) is 0. The molecule has 0 radical (unpaired) electrons. The number of benzene rings is 6. The third-order valence-electron chi connectivity index (χ3n) is 11.9. The summed E-state index contributed by atoms with van der Waals surface area (Å²) in [5.41, 5.74) is 17.1. The van der Waals surface area contributed by atoms with E-state index in [9.17, 15) is 21.0 Å². The molecular weight excluding hydrogens is 613 g/mol. The van der Waals surface area contributed by atoms with Gasteiger partial charge in [-0.25, -0.2) is 0 Å². The summed E-state index contributed by atoms with van der Waals surface area (Å²) >= 11 is 0. The van der Waals surface area contributed by atoms with E-state index in [-0.39, 0.29) is 0 Å². The Balaban J connectivity index is 1.35. The van der Waals surface area contributed by atoms with Crippen molar-refractivity contribution in [2.75, 3.05) is 0 Å². The van der Waals surface area contributed by atoms with Crippen molar-refractivity contribution in [3.63, 3.8) is 0 Å². The molecule has 6 nitrogen and oxygen atoms in total. The van der Waals surface area contributed by atoms with Crippen LogP contribution in [0.25, 0.3) is 87.3 Å². The van der Waals surface area contributed by atoms with Gasteiger partial charge in [0.2, 0.25) is 0 Å². The summed E-state index contributed by atoms with van der Waals surface area (Å²) in [5.74, 6) is 0. The van der Waals surface area contributed by atoms with Crippen LogP contribution < -0.4 is 0 Å². The minimum Gasteiger partial charge on any atom is -0.308 e. The fourth-order valence-corrected chi connectivity index (χ4v) is 10.1. The molecule has 6 aromatic carbocycles. The monoisotopic (exact) mass is 632 g/mol. The molecule has 226 valence electrons. The lowest BCUT2D eigenvalue weighted by atomic mass is 9.71. The van der Waals surface area contributed by atoms with Gasteiger partial charge in [0.25, 0.3) is 0 Å². The minimum atomic E-state index is 0.619. The minimum absolute atomic E-state index is 0.619. The molecule has 2 aliphatic rings. The van der Waals surface area contributed by atoms with Crippen LogP contribution in [0.1, 0.15) is 44.5 Å². The zero-order chi connectivity index (χ0) is 33.2. The summed E-state index contributed by atoms with van der Waals surface area (Å²) < 4.78 is 4.62. The Morgan fingerprint density at radius 2 is 0.640 bits per heavy atom. The van der Waals surface area contributed by atoms with Crippen molar-refractivity contribution < 1.29 is 0 Å². The molecule has 0 saturated carbocycles. The lowest BCUT2D eigenvalue weighted by Crippen LogP contribution is -2.15. The molecule has 0 fully saturated rings. The number of aryl methyl sites for hydroxylation is 4. The summed E-state index contributed by atoms with van der Waals surface area (Å²) in [4.78, 5) is 0. The molecule has 0 bridgehead atoms. The Kier molecular flexibility index (Phi) is 4.39. The molecule has 0 atom stereocenters. The van der Waals surface area contributed by atoms with Gasteiger partial charge in [-0.05, 0) is 108 Å². The first-order valence-corrected chi connectivity index (χ1v) is 16.9. The molecule has 0 spiro atoms. The Bertz CT molecular complexity index is 3020. The van der Waals surface area contributed by atoms with Gasteiger partial charge in [-0.2, -0.15) is 21.0 Å². The number of rotatable bonds is 0. The van der Waals surface area contributed by atoms with Crippen molar-refractivity contribution >= 4 is 76.2 Å². The summed E-state index contributed by atoms with van der Waals surface area (Å²) in [6, 6.07) is 33.6. The van der Waals surface area contributed by atoms with E-state index in [0.717, 1.165) is 69.3 Å². The molecule has 6 heteroatoms. The van der Waals surface area contributed by atoms with Crippen LogP contribution in [0, 0.1) is 45.3 Å². The van der Waals surface area contributed by atoms with Crippen LogP contribution in [0.2, 0.25) is 0 Å². The number of fused-ring (bicyclic) bond motifs is 16. The van der Waals surface area contributed by atoms with Gasteiger partial charge in [-0.1, -0.05) is 24.3 Å². The SMILES string of the molecule is N#Cc1ccc2c3c4c5c(c6c7ccc(C#N)cc7n(c2c1)c36)CCc1c-5c(c2c3ccc(C#N)cc3n3c5cc(C#N)ccc5c1c23)CC4. The summed E-state index contributed by atoms with van der Waals surface area (Å²) in [7, 11) is 0. The smallest absolute Gasteiger partial charge is 0.0992 e. The average Bonchev–Trinajstić information content (AvgIpc) is 3.89. The molecule has 2 aliphatic carbocycles. The third kappa shape index (κ3) is 2.71.